The Balaban J connectivity index is 1.53. The van der Waals surface area contributed by atoms with Crippen LogP contribution in [-0.2, 0) is 16.0 Å². The number of hydrogen-bond acceptors (Lipinski definition) is 8. The first-order valence-corrected chi connectivity index (χ1v) is 11.9. The van der Waals surface area contributed by atoms with E-state index in [4.69, 9.17) is 30.9 Å². The van der Waals surface area contributed by atoms with E-state index in [0.29, 0.717) is 32.9 Å². The Kier molecular flexibility index (Phi) is 7.61. The second kappa shape index (κ2) is 10.8. The summed E-state index contributed by atoms with van der Waals surface area (Å²) >= 11 is 7.12. The molecule has 1 saturated heterocycles. The summed E-state index contributed by atoms with van der Waals surface area (Å²) in [6.07, 6.45) is -1.43. The van der Waals surface area contributed by atoms with Gasteiger partial charge in [-0.25, -0.2) is 9.78 Å². The van der Waals surface area contributed by atoms with Crippen molar-refractivity contribution in [3.8, 4) is 22.1 Å². The van der Waals surface area contributed by atoms with E-state index in [1.54, 1.807) is 42.5 Å². The van der Waals surface area contributed by atoms with E-state index in [9.17, 15) is 14.4 Å². The number of esters is 1. The first-order chi connectivity index (χ1) is 17.3. The van der Waals surface area contributed by atoms with Gasteiger partial charge in [-0.3, -0.25) is 9.59 Å². The van der Waals surface area contributed by atoms with Crippen molar-refractivity contribution in [1.29, 1.82) is 0 Å². The molecule has 0 unspecified atom stereocenters. The van der Waals surface area contributed by atoms with Crippen molar-refractivity contribution in [1.82, 2.24) is 9.88 Å². The van der Waals surface area contributed by atoms with E-state index in [2.05, 4.69) is 10.3 Å². The van der Waals surface area contributed by atoms with E-state index in [1.807, 2.05) is 0 Å². The molecule has 2 aromatic carbocycles. The molecule has 2 N–H and O–H groups in total. The van der Waals surface area contributed by atoms with Crippen molar-refractivity contribution in [3.05, 3.63) is 58.1 Å². The van der Waals surface area contributed by atoms with Crippen molar-refractivity contribution < 1.29 is 33.7 Å². The van der Waals surface area contributed by atoms with E-state index in [-0.39, 0.29) is 30.5 Å². The third-order valence-electron chi connectivity index (χ3n) is 5.37. The monoisotopic (exact) mass is 531 g/mol. The maximum Gasteiger partial charge on any atom is 0.407 e. The van der Waals surface area contributed by atoms with E-state index in [1.165, 1.54) is 19.1 Å². The average molecular weight is 532 g/mol. The van der Waals surface area contributed by atoms with Crippen molar-refractivity contribution in [2.45, 2.75) is 12.5 Å². The van der Waals surface area contributed by atoms with Gasteiger partial charge in [0.1, 0.15) is 16.0 Å². The Morgan fingerprint density at radius 3 is 2.50 bits per heavy atom. The highest BCUT2D eigenvalue weighted by Crippen LogP contribution is 2.34. The summed E-state index contributed by atoms with van der Waals surface area (Å²) in [6, 6.07) is 11.9. The van der Waals surface area contributed by atoms with Crippen LogP contribution >= 0.6 is 22.9 Å². The van der Waals surface area contributed by atoms with Gasteiger partial charge in [0.15, 0.2) is 11.5 Å². The van der Waals surface area contributed by atoms with Crippen LogP contribution in [0.1, 0.15) is 15.4 Å². The fraction of sp³-hybridized carbons (Fsp3) is 0.250. The number of benzene rings is 2. The first kappa shape index (κ1) is 25.3. The van der Waals surface area contributed by atoms with E-state index >= 15 is 0 Å². The fourth-order valence-corrected chi connectivity index (χ4v) is 4.56. The predicted molar refractivity (Wildman–Crippen MR) is 133 cm³/mol. The summed E-state index contributed by atoms with van der Waals surface area (Å²) in [4.78, 5) is 42.0. The third kappa shape index (κ3) is 5.69. The molecule has 10 nitrogen and oxygen atoms in total. The number of amides is 2. The summed E-state index contributed by atoms with van der Waals surface area (Å²) in [5.41, 5.74) is 1.50. The number of ether oxygens (including phenoxy) is 3. The van der Waals surface area contributed by atoms with E-state index < -0.39 is 18.0 Å². The van der Waals surface area contributed by atoms with Gasteiger partial charge in [0.25, 0.3) is 5.91 Å². The van der Waals surface area contributed by atoms with E-state index in [0.717, 1.165) is 16.9 Å². The number of carbonyl (C=O) groups excluding carboxylic acids is 2. The van der Waals surface area contributed by atoms with Crippen LogP contribution in [0.2, 0.25) is 5.02 Å². The predicted octanol–water partition coefficient (Wildman–Crippen LogP) is 4.18. The van der Waals surface area contributed by atoms with Gasteiger partial charge in [-0.15, -0.1) is 11.3 Å². The minimum absolute atomic E-state index is 0.159. The van der Waals surface area contributed by atoms with Gasteiger partial charge in [-0.05, 0) is 24.3 Å². The lowest BCUT2D eigenvalue weighted by atomic mass is 10.2. The molecule has 3 aromatic rings. The highest BCUT2D eigenvalue weighted by atomic mass is 35.5. The van der Waals surface area contributed by atoms with Crippen LogP contribution in [0.4, 0.5) is 10.5 Å². The molecule has 1 aliphatic heterocycles. The maximum atomic E-state index is 13.2. The van der Waals surface area contributed by atoms with Crippen molar-refractivity contribution >= 4 is 46.6 Å². The van der Waals surface area contributed by atoms with Gasteiger partial charge in [0.05, 0.1) is 39.4 Å². The van der Waals surface area contributed by atoms with Crippen LogP contribution in [0.25, 0.3) is 10.6 Å². The lowest BCUT2D eigenvalue weighted by Gasteiger charge is -2.37. The molecule has 12 heteroatoms. The minimum Gasteiger partial charge on any atom is -0.493 e. The van der Waals surface area contributed by atoms with Crippen molar-refractivity contribution in [3.63, 3.8) is 0 Å². The summed E-state index contributed by atoms with van der Waals surface area (Å²) in [5.74, 6) is -0.154. The van der Waals surface area contributed by atoms with Crippen LogP contribution < -0.4 is 14.8 Å². The molecular formula is C24H22ClN3O7S. The molecule has 0 spiro atoms. The molecule has 2 amide bonds. The summed E-state index contributed by atoms with van der Waals surface area (Å²) in [7, 11) is 2.74. The molecular weight excluding hydrogens is 510 g/mol. The highest BCUT2D eigenvalue weighted by molar-refractivity contribution is 7.17. The molecule has 0 atom stereocenters. The summed E-state index contributed by atoms with van der Waals surface area (Å²) in [6.45, 7) is 0.530. The van der Waals surface area contributed by atoms with Gasteiger partial charge in [-0.2, -0.15) is 0 Å². The highest BCUT2D eigenvalue weighted by Gasteiger charge is 2.32. The fourth-order valence-electron chi connectivity index (χ4n) is 3.45. The number of hydrogen-bond donors (Lipinski definition) is 2. The Hall–Kier alpha value is -3.83. The largest absolute Gasteiger partial charge is 0.493 e. The Labute approximate surface area is 215 Å². The Morgan fingerprint density at radius 2 is 1.86 bits per heavy atom. The normalized spacial score (nSPS) is 13.0. The second-order valence-electron chi connectivity index (χ2n) is 7.80. The van der Waals surface area contributed by atoms with Crippen LogP contribution in [0, 0.1) is 0 Å². The second-order valence-corrected chi connectivity index (χ2v) is 9.24. The minimum atomic E-state index is -0.992. The lowest BCUT2D eigenvalue weighted by Crippen LogP contribution is -2.55. The number of nitrogens with one attached hydrogen (secondary N) is 1. The smallest absolute Gasteiger partial charge is 0.407 e. The molecule has 36 heavy (non-hydrogen) atoms. The average Bonchev–Trinajstić information content (AvgIpc) is 3.25. The first-order valence-electron chi connectivity index (χ1n) is 10.7. The van der Waals surface area contributed by atoms with Crippen LogP contribution in [-0.4, -0.2) is 66.4 Å². The van der Waals surface area contributed by atoms with Gasteiger partial charge < -0.3 is 29.5 Å². The quantitative estimate of drug-likeness (QED) is 0.414. The number of thiazole rings is 1. The van der Waals surface area contributed by atoms with Crippen LogP contribution in [0.5, 0.6) is 11.5 Å². The molecule has 1 aromatic heterocycles. The van der Waals surface area contributed by atoms with Gasteiger partial charge in [0.2, 0.25) is 0 Å². The van der Waals surface area contributed by atoms with Crippen LogP contribution in [0.3, 0.4) is 0 Å². The molecule has 0 radical (unpaired) electrons. The molecule has 2 heterocycles. The zero-order valence-corrected chi connectivity index (χ0v) is 20.9. The number of rotatable bonds is 8. The molecule has 4 rings (SSSR count). The lowest BCUT2D eigenvalue weighted by molar-refractivity contribution is -0.139. The molecule has 1 fully saturated rings. The summed E-state index contributed by atoms with van der Waals surface area (Å²) in [5, 5.41) is 12.9. The Morgan fingerprint density at radius 1 is 1.14 bits per heavy atom. The SMILES string of the molecule is COC(=O)Cc1nc(-c2ccc(Cl)cc2)sc1C(=O)Nc1ccc(OC2CN(C(=O)O)C2)c(OC)c1. The zero-order chi connectivity index (χ0) is 25.8. The van der Waals surface area contributed by atoms with Gasteiger partial charge in [0, 0.05) is 22.3 Å². The molecule has 188 valence electrons. The maximum absolute atomic E-state index is 13.2. The number of carboxylic acid groups (broad SMARTS) is 1. The Bertz CT molecular complexity index is 1290. The van der Waals surface area contributed by atoms with Gasteiger partial charge in [-0.1, -0.05) is 23.7 Å². The topological polar surface area (TPSA) is 127 Å². The number of nitrogens with zero attached hydrogens (tertiary/aromatic N) is 2. The van der Waals surface area contributed by atoms with Crippen molar-refractivity contribution in [2.24, 2.45) is 0 Å². The number of halogens is 1. The number of anilines is 1. The zero-order valence-electron chi connectivity index (χ0n) is 19.3. The van der Waals surface area contributed by atoms with Gasteiger partial charge >= 0.3 is 12.1 Å². The standard InChI is InChI=1S/C24H22ClN3O7S/c1-33-19-9-15(7-8-18(19)35-16-11-28(12-16)24(31)32)26-22(30)21-17(10-20(29)34-2)27-23(36-21)13-3-5-14(25)6-4-13/h3-9,16H,10-12H2,1-2H3,(H,26,30)(H,31,32). The number of likely N-dealkylation sites (tertiary alicyclic amines) is 1. The number of methoxy groups -OCH3 is 2. The van der Waals surface area contributed by atoms with Crippen molar-refractivity contribution in [2.75, 3.05) is 32.6 Å². The third-order valence-corrected chi connectivity index (χ3v) is 6.77. The molecule has 0 bridgehead atoms. The van der Waals surface area contributed by atoms with Crippen LogP contribution in [0.15, 0.2) is 42.5 Å². The number of carbonyl (C=O) groups is 3. The molecule has 0 saturated carbocycles. The number of aromatic nitrogens is 1. The summed E-state index contributed by atoms with van der Waals surface area (Å²) < 4.78 is 16.0. The molecule has 0 aliphatic carbocycles. The molecule has 1 aliphatic rings.